The Labute approximate surface area is 138 Å². The van der Waals surface area contributed by atoms with Gasteiger partial charge in [-0.05, 0) is 42.0 Å². The van der Waals surface area contributed by atoms with E-state index >= 15 is 0 Å². The predicted octanol–water partition coefficient (Wildman–Crippen LogP) is 2.44. The summed E-state index contributed by atoms with van der Waals surface area (Å²) in [6.45, 7) is -0.00871. The third kappa shape index (κ3) is 4.54. The van der Waals surface area contributed by atoms with Crippen LogP contribution in [0.5, 0.6) is 5.75 Å². The highest BCUT2D eigenvalue weighted by Gasteiger charge is 2.13. The summed E-state index contributed by atoms with van der Waals surface area (Å²) in [5.41, 5.74) is 0.535. The van der Waals surface area contributed by atoms with E-state index in [0.717, 1.165) is 12.1 Å². The zero-order valence-electron chi connectivity index (χ0n) is 12.6. The van der Waals surface area contributed by atoms with Gasteiger partial charge < -0.3 is 15.2 Å². The van der Waals surface area contributed by atoms with Gasteiger partial charge in [0.2, 0.25) is 0 Å². The lowest BCUT2D eigenvalue weighted by Crippen LogP contribution is -2.28. The van der Waals surface area contributed by atoms with Crippen LogP contribution in [0.4, 0.5) is 8.78 Å². The smallest absolute Gasteiger partial charge is 0.251 e. The summed E-state index contributed by atoms with van der Waals surface area (Å²) in [7, 11) is 0. The van der Waals surface area contributed by atoms with Crippen LogP contribution in [0.1, 0.15) is 22.0 Å². The molecule has 0 radical (unpaired) electrons. The zero-order valence-corrected chi connectivity index (χ0v) is 12.6. The van der Waals surface area contributed by atoms with E-state index in [0.29, 0.717) is 11.3 Å². The average Bonchev–Trinajstić information content (AvgIpc) is 2.60. The number of carbonyl (C=O) groups excluding carboxylic acids is 1. The summed E-state index contributed by atoms with van der Waals surface area (Å²) < 4.78 is 31.2. The molecule has 2 rings (SSSR count). The van der Waals surface area contributed by atoms with Crippen LogP contribution in [0.15, 0.2) is 42.5 Å². The van der Waals surface area contributed by atoms with Gasteiger partial charge in [0.15, 0.2) is 11.6 Å². The van der Waals surface area contributed by atoms with Crippen LogP contribution in [-0.2, 0) is 0 Å². The van der Waals surface area contributed by atoms with Crippen molar-refractivity contribution >= 4 is 5.91 Å². The van der Waals surface area contributed by atoms with Gasteiger partial charge in [0.25, 0.3) is 5.91 Å². The molecule has 0 aliphatic rings. The summed E-state index contributed by atoms with van der Waals surface area (Å²) in [5, 5.41) is 12.4. The lowest BCUT2D eigenvalue weighted by molar-refractivity contribution is 0.0916. The van der Waals surface area contributed by atoms with Crippen molar-refractivity contribution in [1.82, 2.24) is 5.32 Å². The summed E-state index contributed by atoms with van der Waals surface area (Å²) in [6.07, 6.45) is 3.93. The number of ether oxygens (including phenoxy) is 1. The Morgan fingerprint density at radius 2 is 1.92 bits per heavy atom. The molecule has 2 N–H and O–H groups in total. The molecule has 1 amide bonds. The maximum Gasteiger partial charge on any atom is 0.251 e. The summed E-state index contributed by atoms with van der Waals surface area (Å²) in [5.74, 6) is 0.394. The minimum absolute atomic E-state index is 0.131. The second kappa shape index (κ2) is 8.09. The van der Waals surface area contributed by atoms with Gasteiger partial charge in [0.05, 0.1) is 6.10 Å². The van der Waals surface area contributed by atoms with Crippen molar-refractivity contribution in [3.8, 4) is 18.1 Å². The number of aliphatic hydroxyl groups excluding tert-OH is 1. The Morgan fingerprint density at radius 3 is 2.54 bits per heavy atom. The van der Waals surface area contributed by atoms with Gasteiger partial charge in [-0.1, -0.05) is 12.0 Å². The van der Waals surface area contributed by atoms with Crippen LogP contribution in [0.25, 0.3) is 0 Å². The van der Waals surface area contributed by atoms with Crippen molar-refractivity contribution in [2.75, 3.05) is 13.2 Å². The number of rotatable bonds is 6. The predicted molar refractivity (Wildman–Crippen MR) is 84.4 cm³/mol. The first-order valence-corrected chi connectivity index (χ1v) is 7.09. The number of terminal acetylenes is 1. The molecule has 0 saturated heterocycles. The van der Waals surface area contributed by atoms with Crippen LogP contribution >= 0.6 is 0 Å². The average molecular weight is 331 g/mol. The maximum absolute atomic E-state index is 13.1. The Hall–Kier alpha value is -2.91. The molecule has 2 aromatic rings. The molecule has 0 spiro atoms. The molecule has 2 aromatic carbocycles. The van der Waals surface area contributed by atoms with Crippen molar-refractivity contribution in [3.05, 3.63) is 65.2 Å². The SMILES string of the molecule is C#CCOc1ccc(C(=O)NCC(O)c2ccc(F)c(F)c2)cc1. The molecule has 24 heavy (non-hydrogen) atoms. The second-order valence-electron chi connectivity index (χ2n) is 4.92. The van der Waals surface area contributed by atoms with Gasteiger partial charge in [-0.25, -0.2) is 8.78 Å². The Kier molecular flexibility index (Phi) is 5.88. The highest BCUT2D eigenvalue weighted by atomic mass is 19.2. The topological polar surface area (TPSA) is 58.6 Å². The van der Waals surface area contributed by atoms with E-state index in [2.05, 4.69) is 11.2 Å². The molecule has 0 heterocycles. The van der Waals surface area contributed by atoms with Crippen molar-refractivity contribution in [3.63, 3.8) is 0 Å². The molecule has 6 heteroatoms. The number of carbonyl (C=O) groups is 1. The Bertz CT molecular complexity index is 754. The lowest BCUT2D eigenvalue weighted by Gasteiger charge is -2.13. The van der Waals surface area contributed by atoms with Crippen molar-refractivity contribution in [1.29, 1.82) is 0 Å². The van der Waals surface area contributed by atoms with E-state index in [1.807, 2.05) is 0 Å². The van der Waals surface area contributed by atoms with Crippen LogP contribution in [0, 0.1) is 24.0 Å². The highest BCUT2D eigenvalue weighted by molar-refractivity contribution is 5.94. The molecular weight excluding hydrogens is 316 g/mol. The van der Waals surface area contributed by atoms with Crippen LogP contribution in [0.2, 0.25) is 0 Å². The van der Waals surface area contributed by atoms with Gasteiger partial charge in [0.1, 0.15) is 12.4 Å². The first kappa shape index (κ1) is 17.4. The van der Waals surface area contributed by atoms with Gasteiger partial charge in [-0.3, -0.25) is 4.79 Å². The zero-order chi connectivity index (χ0) is 17.5. The molecule has 0 fully saturated rings. The summed E-state index contributed by atoms with van der Waals surface area (Å²) >= 11 is 0. The number of benzene rings is 2. The largest absolute Gasteiger partial charge is 0.481 e. The quantitative estimate of drug-likeness (QED) is 0.800. The number of hydrogen-bond donors (Lipinski definition) is 2. The van der Waals surface area contributed by atoms with Crippen LogP contribution in [-0.4, -0.2) is 24.2 Å². The molecular formula is C18H15F2NO3. The van der Waals surface area contributed by atoms with Crippen molar-refractivity contribution < 1.29 is 23.4 Å². The fourth-order valence-electron chi connectivity index (χ4n) is 1.96. The summed E-state index contributed by atoms with van der Waals surface area (Å²) in [4.78, 5) is 12.0. The minimum atomic E-state index is -1.15. The standard InChI is InChI=1S/C18H15F2NO3/c1-2-9-24-14-6-3-12(4-7-14)18(23)21-11-17(22)13-5-8-15(19)16(20)10-13/h1,3-8,10,17,22H,9,11H2,(H,21,23). The number of nitrogens with one attached hydrogen (secondary N) is 1. The molecule has 0 saturated carbocycles. The molecule has 124 valence electrons. The van der Waals surface area contributed by atoms with Gasteiger partial charge in [-0.15, -0.1) is 6.42 Å². The molecule has 4 nitrogen and oxygen atoms in total. The number of halogens is 2. The number of amides is 1. The third-order valence-electron chi connectivity index (χ3n) is 3.22. The maximum atomic E-state index is 13.1. The van der Waals surface area contributed by atoms with E-state index in [-0.39, 0.29) is 18.7 Å². The van der Waals surface area contributed by atoms with Crippen molar-refractivity contribution in [2.24, 2.45) is 0 Å². The highest BCUT2D eigenvalue weighted by Crippen LogP contribution is 2.16. The fourth-order valence-corrected chi connectivity index (χ4v) is 1.96. The second-order valence-corrected chi connectivity index (χ2v) is 4.92. The molecule has 0 bridgehead atoms. The fraction of sp³-hybridized carbons (Fsp3) is 0.167. The minimum Gasteiger partial charge on any atom is -0.481 e. The molecule has 0 aliphatic carbocycles. The molecule has 1 atom stereocenters. The van der Waals surface area contributed by atoms with Crippen molar-refractivity contribution in [2.45, 2.75) is 6.10 Å². The van der Waals surface area contributed by atoms with E-state index in [4.69, 9.17) is 11.2 Å². The monoisotopic (exact) mass is 331 g/mol. The van der Waals surface area contributed by atoms with Gasteiger partial charge >= 0.3 is 0 Å². The molecule has 0 aromatic heterocycles. The third-order valence-corrected chi connectivity index (χ3v) is 3.22. The van der Waals surface area contributed by atoms with Gasteiger partial charge in [0, 0.05) is 12.1 Å². The van der Waals surface area contributed by atoms with Crippen LogP contribution in [0.3, 0.4) is 0 Å². The summed E-state index contributed by atoms with van der Waals surface area (Å²) in [6, 6.07) is 9.35. The normalized spacial score (nSPS) is 11.4. The Balaban J connectivity index is 1.92. The molecule has 0 aliphatic heterocycles. The Morgan fingerprint density at radius 1 is 1.21 bits per heavy atom. The van der Waals surface area contributed by atoms with Gasteiger partial charge in [-0.2, -0.15) is 0 Å². The van der Waals surface area contributed by atoms with E-state index in [1.54, 1.807) is 24.3 Å². The molecule has 1 unspecified atom stereocenters. The van der Waals surface area contributed by atoms with E-state index < -0.39 is 23.6 Å². The van der Waals surface area contributed by atoms with E-state index in [1.165, 1.54) is 6.07 Å². The number of hydrogen-bond acceptors (Lipinski definition) is 3. The number of aliphatic hydroxyl groups is 1. The lowest BCUT2D eigenvalue weighted by atomic mass is 10.1. The van der Waals surface area contributed by atoms with Crippen LogP contribution < -0.4 is 10.1 Å². The van der Waals surface area contributed by atoms with E-state index in [9.17, 15) is 18.7 Å². The first-order chi connectivity index (χ1) is 11.5. The first-order valence-electron chi connectivity index (χ1n) is 7.09.